The summed E-state index contributed by atoms with van der Waals surface area (Å²) in [5, 5.41) is 4.80. The first-order valence-corrected chi connectivity index (χ1v) is 9.60. The van der Waals surface area contributed by atoms with Gasteiger partial charge in [-0.2, -0.15) is 4.98 Å². The van der Waals surface area contributed by atoms with Gasteiger partial charge in [-0.1, -0.05) is 22.8 Å². The summed E-state index contributed by atoms with van der Waals surface area (Å²) in [6.45, 7) is 1.57. The lowest BCUT2D eigenvalue weighted by Gasteiger charge is -2.25. The van der Waals surface area contributed by atoms with Crippen LogP contribution in [0.4, 0.5) is 0 Å². The molecule has 0 amide bonds. The zero-order chi connectivity index (χ0) is 19.5. The number of likely N-dealkylation sites (tertiary alicyclic amines) is 1. The van der Waals surface area contributed by atoms with E-state index in [-0.39, 0.29) is 6.04 Å². The average molecular weight is 400 g/mol. The van der Waals surface area contributed by atoms with Crippen molar-refractivity contribution in [2.45, 2.75) is 25.4 Å². The molecule has 1 unspecified atom stereocenters. The highest BCUT2D eigenvalue weighted by atomic mass is 35.5. The van der Waals surface area contributed by atoms with Crippen molar-refractivity contribution in [3.05, 3.63) is 58.9 Å². The van der Waals surface area contributed by atoms with E-state index < -0.39 is 0 Å². The Hall–Kier alpha value is -2.57. The minimum Gasteiger partial charge on any atom is -0.497 e. The van der Waals surface area contributed by atoms with Crippen molar-refractivity contribution in [2.75, 3.05) is 20.8 Å². The van der Waals surface area contributed by atoms with E-state index in [0.29, 0.717) is 23.3 Å². The monoisotopic (exact) mass is 399 g/mol. The molecule has 0 aliphatic carbocycles. The van der Waals surface area contributed by atoms with Gasteiger partial charge in [-0.25, -0.2) is 0 Å². The predicted octanol–water partition coefficient (Wildman–Crippen LogP) is 4.74. The summed E-state index contributed by atoms with van der Waals surface area (Å²) in [4.78, 5) is 6.91. The van der Waals surface area contributed by atoms with E-state index >= 15 is 0 Å². The molecule has 1 aliphatic heterocycles. The molecule has 0 N–H and O–H groups in total. The second kappa shape index (κ2) is 8.20. The molecule has 4 rings (SSSR count). The summed E-state index contributed by atoms with van der Waals surface area (Å²) in [5.41, 5.74) is 2.03. The van der Waals surface area contributed by atoms with Gasteiger partial charge in [-0.05, 0) is 49.7 Å². The number of benzene rings is 2. The van der Waals surface area contributed by atoms with E-state index in [1.807, 2.05) is 36.4 Å². The van der Waals surface area contributed by atoms with Crippen LogP contribution in [-0.2, 0) is 6.54 Å². The van der Waals surface area contributed by atoms with E-state index in [1.54, 1.807) is 14.2 Å². The van der Waals surface area contributed by atoms with Crippen LogP contribution in [0.2, 0.25) is 5.02 Å². The van der Waals surface area contributed by atoms with Gasteiger partial charge in [0.2, 0.25) is 11.7 Å². The van der Waals surface area contributed by atoms with Crippen LogP contribution in [0.3, 0.4) is 0 Å². The Morgan fingerprint density at radius 1 is 1.14 bits per heavy atom. The highest BCUT2D eigenvalue weighted by Gasteiger charge is 2.30. The van der Waals surface area contributed by atoms with Crippen LogP contribution in [0.5, 0.6) is 11.5 Å². The lowest BCUT2D eigenvalue weighted by Crippen LogP contribution is -2.23. The molecule has 6 nitrogen and oxygen atoms in total. The molecule has 1 aromatic heterocycles. The van der Waals surface area contributed by atoms with E-state index in [1.165, 1.54) is 0 Å². The molecule has 0 bridgehead atoms. The summed E-state index contributed by atoms with van der Waals surface area (Å²) < 4.78 is 16.4. The Morgan fingerprint density at radius 2 is 1.96 bits per heavy atom. The third-order valence-corrected chi connectivity index (χ3v) is 5.32. The van der Waals surface area contributed by atoms with Gasteiger partial charge in [-0.3, -0.25) is 4.90 Å². The number of methoxy groups -OCH3 is 2. The normalized spacial score (nSPS) is 17.0. The van der Waals surface area contributed by atoms with Crippen LogP contribution < -0.4 is 9.47 Å². The number of aromatic nitrogens is 2. The number of hydrogen-bond donors (Lipinski definition) is 0. The third kappa shape index (κ3) is 3.84. The van der Waals surface area contributed by atoms with Crippen LogP contribution in [0.25, 0.3) is 11.4 Å². The van der Waals surface area contributed by atoms with Gasteiger partial charge in [0.25, 0.3) is 0 Å². The lowest BCUT2D eigenvalue weighted by molar-refractivity contribution is 0.209. The number of nitrogens with zero attached hydrogens (tertiary/aromatic N) is 3. The van der Waals surface area contributed by atoms with Crippen molar-refractivity contribution in [1.82, 2.24) is 15.0 Å². The smallest absolute Gasteiger partial charge is 0.241 e. The summed E-state index contributed by atoms with van der Waals surface area (Å²) in [6, 6.07) is 13.6. The van der Waals surface area contributed by atoms with Crippen molar-refractivity contribution < 1.29 is 14.0 Å². The Morgan fingerprint density at radius 3 is 2.71 bits per heavy atom. The fourth-order valence-corrected chi connectivity index (χ4v) is 3.80. The van der Waals surface area contributed by atoms with Crippen molar-refractivity contribution in [1.29, 1.82) is 0 Å². The lowest BCUT2D eigenvalue weighted by atomic mass is 10.0. The summed E-state index contributed by atoms with van der Waals surface area (Å²) in [7, 11) is 3.35. The first kappa shape index (κ1) is 18.8. The molecular weight excluding hydrogens is 378 g/mol. The molecule has 1 saturated heterocycles. The Balaban J connectivity index is 1.53. The maximum Gasteiger partial charge on any atom is 0.241 e. The minimum atomic E-state index is 0.242. The Kier molecular flexibility index (Phi) is 5.50. The molecule has 28 heavy (non-hydrogen) atoms. The van der Waals surface area contributed by atoms with Crippen LogP contribution in [-0.4, -0.2) is 35.8 Å². The van der Waals surface area contributed by atoms with E-state index in [0.717, 1.165) is 42.0 Å². The van der Waals surface area contributed by atoms with Crippen molar-refractivity contribution in [3.8, 4) is 22.9 Å². The van der Waals surface area contributed by atoms with Gasteiger partial charge in [0, 0.05) is 28.3 Å². The molecule has 0 radical (unpaired) electrons. The second-order valence-electron chi connectivity index (χ2n) is 6.75. The molecule has 2 heterocycles. The SMILES string of the molecule is COc1ccc(C2CCCN2Cc2nc(-c3ccc(Cl)cc3)no2)c(OC)c1. The standard InChI is InChI=1S/C21H22ClN3O3/c1-26-16-9-10-17(19(12-16)27-2)18-4-3-11-25(18)13-20-23-21(24-28-20)14-5-7-15(22)8-6-14/h5-10,12,18H,3-4,11,13H2,1-2H3. The van der Waals surface area contributed by atoms with Gasteiger partial charge in [-0.15, -0.1) is 0 Å². The molecule has 2 aromatic carbocycles. The van der Waals surface area contributed by atoms with Crippen LogP contribution in [0, 0.1) is 0 Å². The van der Waals surface area contributed by atoms with Crippen molar-refractivity contribution >= 4 is 11.6 Å². The minimum absolute atomic E-state index is 0.242. The molecule has 1 aliphatic rings. The number of halogens is 1. The fraction of sp³-hybridized carbons (Fsp3) is 0.333. The topological polar surface area (TPSA) is 60.6 Å². The van der Waals surface area contributed by atoms with E-state index in [4.69, 9.17) is 25.6 Å². The third-order valence-electron chi connectivity index (χ3n) is 5.07. The molecule has 0 saturated carbocycles. The molecule has 1 fully saturated rings. The zero-order valence-electron chi connectivity index (χ0n) is 15.9. The van der Waals surface area contributed by atoms with E-state index in [9.17, 15) is 0 Å². The number of rotatable bonds is 6. The molecule has 146 valence electrons. The Labute approximate surface area is 169 Å². The molecule has 1 atom stereocenters. The molecule has 0 spiro atoms. The molecular formula is C21H22ClN3O3. The zero-order valence-corrected chi connectivity index (χ0v) is 16.6. The predicted molar refractivity (Wildman–Crippen MR) is 107 cm³/mol. The van der Waals surface area contributed by atoms with Crippen molar-refractivity contribution in [2.24, 2.45) is 0 Å². The van der Waals surface area contributed by atoms with Gasteiger partial charge in [0.1, 0.15) is 11.5 Å². The molecule has 3 aromatic rings. The average Bonchev–Trinajstić information content (AvgIpc) is 3.38. The maximum atomic E-state index is 5.95. The summed E-state index contributed by atoms with van der Waals surface area (Å²) in [5.74, 6) is 2.80. The quantitative estimate of drug-likeness (QED) is 0.596. The number of hydrogen-bond acceptors (Lipinski definition) is 6. The van der Waals surface area contributed by atoms with Gasteiger partial charge in [0.15, 0.2) is 0 Å². The fourth-order valence-electron chi connectivity index (χ4n) is 3.67. The largest absolute Gasteiger partial charge is 0.497 e. The maximum absolute atomic E-state index is 5.95. The first-order chi connectivity index (χ1) is 13.7. The number of ether oxygens (including phenoxy) is 2. The molecule has 7 heteroatoms. The second-order valence-corrected chi connectivity index (χ2v) is 7.19. The van der Waals surface area contributed by atoms with Crippen LogP contribution in [0.1, 0.15) is 30.3 Å². The first-order valence-electron chi connectivity index (χ1n) is 9.22. The van der Waals surface area contributed by atoms with Gasteiger partial charge in [0.05, 0.1) is 20.8 Å². The van der Waals surface area contributed by atoms with Crippen molar-refractivity contribution in [3.63, 3.8) is 0 Å². The van der Waals surface area contributed by atoms with Crippen LogP contribution >= 0.6 is 11.6 Å². The van der Waals surface area contributed by atoms with Gasteiger partial charge >= 0.3 is 0 Å². The van der Waals surface area contributed by atoms with Gasteiger partial charge < -0.3 is 14.0 Å². The van der Waals surface area contributed by atoms with Crippen LogP contribution in [0.15, 0.2) is 47.0 Å². The summed E-state index contributed by atoms with van der Waals surface area (Å²) >= 11 is 5.95. The highest BCUT2D eigenvalue weighted by Crippen LogP contribution is 2.39. The Bertz CT molecular complexity index is 942. The highest BCUT2D eigenvalue weighted by molar-refractivity contribution is 6.30. The summed E-state index contributed by atoms with van der Waals surface area (Å²) in [6.07, 6.45) is 2.17. The van der Waals surface area contributed by atoms with E-state index in [2.05, 4.69) is 21.1 Å².